The number of benzene rings is 2. The van der Waals surface area contributed by atoms with E-state index >= 15 is 8.78 Å². The number of carbonyl (C=O) groups is 1. The van der Waals surface area contributed by atoms with Crippen molar-refractivity contribution >= 4 is 49.0 Å². The van der Waals surface area contributed by atoms with Gasteiger partial charge in [0, 0.05) is 18.0 Å². The molecule has 10 atom stereocenters. The minimum atomic E-state index is -5.28. The van der Waals surface area contributed by atoms with Gasteiger partial charge >= 0.3 is 26.3 Å². The molecule has 2 aromatic carbocycles. The average Bonchev–Trinajstić information content (AvgIpc) is 3.89. The molecule has 318 valence electrons. The SMILES string of the molecule is COc1ccccc1C(=O)Oc1ccc(CS[P@]2(=O)OC[C@H]3O[C@@H](n4ccc(=O)[nH]c4=O)[C@H](F)[C@@H]3OP(=O)(O)OC[C@H]3O[C@@H](n4cnc5c(N)ncnc54)[C@H](O2)[C@@H]3F)cc1. The first-order valence-corrected chi connectivity index (χ1v) is 22.4. The lowest BCUT2D eigenvalue weighted by Gasteiger charge is -2.27. The number of hydrogen-bond acceptors (Lipinski definition) is 18. The lowest BCUT2D eigenvalue weighted by Crippen LogP contribution is -2.36. The summed E-state index contributed by atoms with van der Waals surface area (Å²) in [7, 11) is -3.86. The van der Waals surface area contributed by atoms with Gasteiger partial charge in [-0.2, -0.15) is 0 Å². The zero-order valence-corrected chi connectivity index (χ0v) is 33.4. The molecule has 0 aliphatic carbocycles. The Hall–Kier alpha value is -4.87. The number of nitrogens with zero attached hydrogens (tertiary/aromatic N) is 5. The Kier molecular flexibility index (Phi) is 11.8. The van der Waals surface area contributed by atoms with Crippen LogP contribution in [-0.4, -0.2) is 97.0 Å². The van der Waals surface area contributed by atoms with Gasteiger partial charge < -0.3 is 29.6 Å². The highest BCUT2D eigenvalue weighted by Gasteiger charge is 2.55. The Bertz CT molecular complexity index is 2620. The first-order valence-electron chi connectivity index (χ1n) is 17.7. The zero-order chi connectivity index (χ0) is 42.3. The van der Waals surface area contributed by atoms with Crippen molar-refractivity contribution in [3.05, 3.63) is 105 Å². The summed E-state index contributed by atoms with van der Waals surface area (Å²) in [5, 5.41) is 0. The summed E-state index contributed by atoms with van der Waals surface area (Å²) < 4.78 is 107. The maximum absolute atomic E-state index is 16.5. The first kappa shape index (κ1) is 41.8. The molecule has 0 spiro atoms. The number of methoxy groups -OCH3 is 1. The Morgan fingerprint density at radius 2 is 1.70 bits per heavy atom. The van der Waals surface area contributed by atoms with Gasteiger partial charge in [0.1, 0.15) is 53.3 Å². The number of H-pyrrole nitrogens is 1. The van der Waals surface area contributed by atoms with Crippen LogP contribution in [0.2, 0.25) is 0 Å². The molecule has 0 saturated carbocycles. The Balaban J connectivity index is 1.10. The first-order chi connectivity index (χ1) is 28.7. The van der Waals surface area contributed by atoms with Crippen LogP contribution in [-0.2, 0) is 42.5 Å². The molecule has 3 aliphatic rings. The van der Waals surface area contributed by atoms with E-state index in [9.17, 15) is 28.4 Å². The summed E-state index contributed by atoms with van der Waals surface area (Å²) in [5.41, 5.74) is 4.97. The number of aromatic nitrogens is 6. The fraction of sp³-hybridized carbons (Fsp3) is 0.353. The highest BCUT2D eigenvalue weighted by atomic mass is 32.7. The molecular weight excluding hydrogens is 862 g/mol. The number of esters is 1. The molecule has 21 nitrogen and oxygen atoms in total. The van der Waals surface area contributed by atoms with Crippen LogP contribution in [0.3, 0.4) is 0 Å². The number of fused-ring (bicyclic) bond motifs is 4. The summed E-state index contributed by atoms with van der Waals surface area (Å²) in [6.45, 7) is -6.51. The number of para-hydroxylation sites is 1. The van der Waals surface area contributed by atoms with E-state index in [0.29, 0.717) is 27.3 Å². The standard InChI is InChI=1S/C34H33F2N7O14P2S/c1-50-20-5-3-2-4-19(20)33(45)53-18-8-6-17(7-9-18)14-60-59(49)52-13-22-27(25(36)31(55-22)42-11-10-23(44)41-34(42)46)56-58(47,48)51-12-21-24(35)28(57-59)32(54-21)43-16-40-26-29(37)38-15-39-30(26)43/h2-11,15-16,21-22,24-25,27-28,31-32H,12-14H2,1H3,(H,47,48)(H2,37,38,39)(H,41,44,46)/t21-,22-,24-,25-,27-,28-,31-,32-,59-/m1/s1. The third-order valence-electron chi connectivity index (χ3n) is 9.47. The molecule has 5 aromatic rings. The van der Waals surface area contributed by atoms with E-state index in [1.165, 1.54) is 36.2 Å². The molecule has 0 amide bonds. The lowest BCUT2D eigenvalue weighted by atomic mass is 10.1. The molecule has 60 heavy (non-hydrogen) atoms. The zero-order valence-electron chi connectivity index (χ0n) is 30.8. The maximum Gasteiger partial charge on any atom is 0.472 e. The number of aromatic amines is 1. The van der Waals surface area contributed by atoms with Gasteiger partial charge in [-0.1, -0.05) is 24.3 Å². The van der Waals surface area contributed by atoms with Crippen molar-refractivity contribution in [2.45, 2.75) is 55.0 Å². The highest BCUT2D eigenvalue weighted by molar-refractivity contribution is 8.54. The summed E-state index contributed by atoms with van der Waals surface area (Å²) in [5.74, 6) is -0.351. The fourth-order valence-electron chi connectivity index (χ4n) is 6.57. The highest BCUT2D eigenvalue weighted by Crippen LogP contribution is 2.65. The van der Waals surface area contributed by atoms with E-state index in [1.54, 1.807) is 30.3 Å². The van der Waals surface area contributed by atoms with E-state index in [1.807, 2.05) is 4.98 Å². The number of nitrogens with one attached hydrogen (secondary N) is 1. The number of halogens is 2. The van der Waals surface area contributed by atoms with Crippen LogP contribution in [0.4, 0.5) is 14.6 Å². The van der Waals surface area contributed by atoms with E-state index in [0.717, 1.165) is 18.6 Å². The van der Waals surface area contributed by atoms with E-state index in [4.69, 9.17) is 42.8 Å². The van der Waals surface area contributed by atoms with E-state index in [2.05, 4.69) is 15.0 Å². The Morgan fingerprint density at radius 1 is 0.950 bits per heavy atom. The van der Waals surface area contributed by atoms with Crippen LogP contribution in [0.25, 0.3) is 11.2 Å². The molecule has 3 saturated heterocycles. The summed E-state index contributed by atoms with van der Waals surface area (Å²) >= 11 is 0.585. The van der Waals surface area contributed by atoms with Crippen molar-refractivity contribution in [3.8, 4) is 11.5 Å². The molecule has 2 bridgehead atoms. The van der Waals surface area contributed by atoms with Gasteiger partial charge in [0.25, 0.3) is 5.56 Å². The van der Waals surface area contributed by atoms with E-state index in [-0.39, 0.29) is 34.0 Å². The molecular formula is C34H33F2N7O14P2S. The monoisotopic (exact) mass is 895 g/mol. The predicted octanol–water partition coefficient (Wildman–Crippen LogP) is 3.62. The molecule has 1 unspecified atom stereocenters. The molecule has 8 rings (SSSR count). The maximum atomic E-state index is 16.5. The smallest absolute Gasteiger partial charge is 0.472 e. The average molecular weight is 896 g/mol. The number of alkyl halides is 2. The number of nitrogen functional groups attached to an aromatic ring is 1. The molecule has 6 heterocycles. The number of hydrogen-bond donors (Lipinski definition) is 3. The second-order valence-electron chi connectivity index (χ2n) is 13.3. The predicted molar refractivity (Wildman–Crippen MR) is 203 cm³/mol. The third-order valence-corrected chi connectivity index (χ3v) is 14.1. The van der Waals surface area contributed by atoms with Crippen LogP contribution >= 0.6 is 26.0 Å². The lowest BCUT2D eigenvalue weighted by molar-refractivity contribution is -0.0620. The van der Waals surface area contributed by atoms with Gasteiger partial charge in [-0.25, -0.2) is 42.5 Å². The largest absolute Gasteiger partial charge is 0.496 e. The molecule has 0 radical (unpaired) electrons. The molecule has 3 aromatic heterocycles. The quantitative estimate of drug-likeness (QED) is 0.114. The number of rotatable bonds is 8. The van der Waals surface area contributed by atoms with Crippen molar-refractivity contribution in [1.29, 1.82) is 0 Å². The Labute approximate surface area is 339 Å². The summed E-state index contributed by atoms with van der Waals surface area (Å²) in [4.78, 5) is 62.1. The van der Waals surface area contributed by atoms with Crippen molar-refractivity contribution < 1.29 is 64.6 Å². The fourth-order valence-corrected chi connectivity index (χ4v) is 10.9. The number of ether oxygens (including phenoxy) is 4. The number of carbonyl (C=O) groups excluding carboxylic acids is 1. The van der Waals surface area contributed by atoms with Crippen molar-refractivity contribution in [2.75, 3.05) is 26.1 Å². The molecule has 4 N–H and O–H groups in total. The van der Waals surface area contributed by atoms with Gasteiger partial charge in [-0.3, -0.25) is 37.0 Å². The minimum Gasteiger partial charge on any atom is -0.496 e. The topological polar surface area (TPSA) is 270 Å². The normalized spacial score (nSPS) is 30.8. The van der Waals surface area contributed by atoms with Gasteiger partial charge in [-0.05, 0) is 41.2 Å². The number of phosphoric acid groups is 1. The molecule has 26 heteroatoms. The number of imidazole rings is 1. The van der Waals surface area contributed by atoms with Crippen molar-refractivity contribution in [2.24, 2.45) is 0 Å². The number of anilines is 1. The van der Waals surface area contributed by atoms with Crippen LogP contribution in [0.5, 0.6) is 11.5 Å². The molecule has 3 aliphatic heterocycles. The molecule has 3 fully saturated rings. The number of phosphoric ester groups is 1. The van der Waals surface area contributed by atoms with Gasteiger partial charge in [0.2, 0.25) is 0 Å². The third kappa shape index (κ3) is 8.53. The van der Waals surface area contributed by atoms with E-state index < -0.39 is 94.3 Å². The van der Waals surface area contributed by atoms with Crippen LogP contribution in [0, 0.1) is 0 Å². The van der Waals surface area contributed by atoms with Crippen LogP contribution in [0.1, 0.15) is 28.4 Å². The number of nitrogens with two attached hydrogens (primary N) is 1. The van der Waals surface area contributed by atoms with Crippen LogP contribution < -0.4 is 26.5 Å². The Morgan fingerprint density at radius 3 is 2.47 bits per heavy atom. The van der Waals surface area contributed by atoms with Gasteiger partial charge in [0.15, 0.2) is 36.3 Å². The van der Waals surface area contributed by atoms with Gasteiger partial charge in [0.05, 0.1) is 26.7 Å². The van der Waals surface area contributed by atoms with Crippen LogP contribution in [0.15, 0.2) is 83.0 Å². The van der Waals surface area contributed by atoms with Crippen molar-refractivity contribution in [1.82, 2.24) is 29.1 Å². The second-order valence-corrected chi connectivity index (χ2v) is 18.7. The van der Waals surface area contributed by atoms with Gasteiger partial charge in [-0.15, -0.1) is 0 Å². The summed E-state index contributed by atoms with van der Waals surface area (Å²) in [6.07, 6.45) is -11.9. The van der Waals surface area contributed by atoms with Crippen molar-refractivity contribution in [3.63, 3.8) is 0 Å². The second kappa shape index (κ2) is 16.9. The summed E-state index contributed by atoms with van der Waals surface area (Å²) in [6, 6.07) is 13.5. The minimum absolute atomic E-state index is 0.0174.